The number of likely N-dealkylation sites (tertiary alicyclic amines) is 1. The highest BCUT2D eigenvalue weighted by atomic mass is 16.5. The number of carboxylic acids is 1. The van der Waals surface area contributed by atoms with Crippen molar-refractivity contribution in [2.24, 2.45) is 11.8 Å². The molecular formula is C27H30N2O6. The van der Waals surface area contributed by atoms with E-state index in [0.29, 0.717) is 26.0 Å². The summed E-state index contributed by atoms with van der Waals surface area (Å²) in [6.45, 7) is 3.10. The van der Waals surface area contributed by atoms with E-state index in [2.05, 4.69) is 29.6 Å². The lowest BCUT2D eigenvalue weighted by Crippen LogP contribution is -2.49. The largest absolute Gasteiger partial charge is 0.480 e. The Morgan fingerprint density at radius 1 is 1.06 bits per heavy atom. The second-order valence-electron chi connectivity index (χ2n) is 9.63. The zero-order valence-electron chi connectivity index (χ0n) is 19.7. The summed E-state index contributed by atoms with van der Waals surface area (Å²) in [7, 11) is 0. The van der Waals surface area contributed by atoms with Crippen molar-refractivity contribution in [2.45, 2.75) is 37.8 Å². The molecule has 2 amide bonds. The summed E-state index contributed by atoms with van der Waals surface area (Å²) in [5.41, 5.74) is 4.61. The Kier molecular flexibility index (Phi) is 6.47. The molecule has 184 valence electrons. The van der Waals surface area contributed by atoms with Crippen LogP contribution in [0.1, 0.15) is 36.8 Å². The Morgan fingerprint density at radius 3 is 2.37 bits per heavy atom. The average Bonchev–Trinajstić information content (AvgIpc) is 3.57. The third-order valence-corrected chi connectivity index (χ3v) is 7.55. The summed E-state index contributed by atoms with van der Waals surface area (Å²) < 4.78 is 11.3. The van der Waals surface area contributed by atoms with Crippen molar-refractivity contribution >= 4 is 18.0 Å². The molecule has 0 aromatic heterocycles. The lowest BCUT2D eigenvalue weighted by Gasteiger charge is -2.28. The van der Waals surface area contributed by atoms with E-state index in [9.17, 15) is 19.5 Å². The second-order valence-corrected chi connectivity index (χ2v) is 9.63. The molecule has 8 heteroatoms. The molecule has 5 rings (SSSR count). The van der Waals surface area contributed by atoms with Crippen LogP contribution in [0.4, 0.5) is 4.79 Å². The molecule has 2 N–H and O–H groups in total. The smallest absolute Gasteiger partial charge is 0.407 e. The number of nitrogens with one attached hydrogen (secondary N) is 1. The molecular weight excluding hydrogens is 448 g/mol. The van der Waals surface area contributed by atoms with Gasteiger partial charge in [0, 0.05) is 31.5 Å². The molecule has 3 aliphatic rings. The second kappa shape index (κ2) is 9.70. The van der Waals surface area contributed by atoms with Crippen LogP contribution in [0.25, 0.3) is 11.1 Å². The molecule has 2 aromatic rings. The fraction of sp³-hybridized carbons (Fsp3) is 0.444. The molecule has 2 fully saturated rings. The molecule has 2 aromatic carbocycles. The molecule has 35 heavy (non-hydrogen) atoms. The van der Waals surface area contributed by atoms with Gasteiger partial charge in [-0.25, -0.2) is 9.59 Å². The molecule has 0 bridgehead atoms. The van der Waals surface area contributed by atoms with Gasteiger partial charge < -0.3 is 24.8 Å². The number of hydrogen-bond acceptors (Lipinski definition) is 5. The quantitative estimate of drug-likeness (QED) is 0.660. The highest BCUT2D eigenvalue weighted by Gasteiger charge is 2.45. The first-order valence-corrected chi connectivity index (χ1v) is 12.2. The first kappa shape index (κ1) is 23.4. The minimum atomic E-state index is -0.991. The van der Waals surface area contributed by atoms with Crippen molar-refractivity contribution in [1.82, 2.24) is 10.2 Å². The minimum absolute atomic E-state index is 0.0256. The summed E-state index contributed by atoms with van der Waals surface area (Å²) in [6.07, 6.45) is -0.0292. The van der Waals surface area contributed by atoms with Gasteiger partial charge in [0.1, 0.15) is 18.8 Å². The Hall–Kier alpha value is -3.39. The van der Waals surface area contributed by atoms with Crippen LogP contribution >= 0.6 is 0 Å². The third kappa shape index (κ3) is 4.38. The predicted octanol–water partition coefficient (Wildman–Crippen LogP) is 3.25. The molecule has 0 saturated carbocycles. The Balaban J connectivity index is 1.17. The van der Waals surface area contributed by atoms with Gasteiger partial charge in [0.25, 0.3) is 5.91 Å². The molecule has 0 spiro atoms. The van der Waals surface area contributed by atoms with Crippen LogP contribution in [-0.4, -0.2) is 66.4 Å². The number of ether oxygens (including phenoxy) is 2. The Bertz CT molecular complexity index is 1090. The number of fused-ring (bicyclic) bond motifs is 3. The number of aliphatic carboxylic acids is 1. The number of carboxylic acid groups (broad SMARTS) is 1. The summed E-state index contributed by atoms with van der Waals surface area (Å²) in [4.78, 5) is 38.7. The number of rotatable bonds is 6. The monoisotopic (exact) mass is 478 g/mol. The molecule has 2 heterocycles. The van der Waals surface area contributed by atoms with Crippen molar-refractivity contribution in [3.05, 3.63) is 59.7 Å². The summed E-state index contributed by atoms with van der Waals surface area (Å²) in [5, 5.41) is 12.3. The van der Waals surface area contributed by atoms with E-state index >= 15 is 0 Å². The van der Waals surface area contributed by atoms with Gasteiger partial charge in [-0.15, -0.1) is 0 Å². The number of hydrogen-bond donors (Lipinski definition) is 2. The topological polar surface area (TPSA) is 105 Å². The standard InChI is InChI=1S/C27H30N2O6/c1-16-10-12-29(23(16)26(31)32)25(30)24-17(11-13-34-24)14-28-27(33)35-15-22-20-8-4-2-6-18(20)19-7-3-5-9-21(19)22/h2-9,16-17,22-24H,10-15H2,1H3,(H,28,33)(H,31,32). The van der Waals surface area contributed by atoms with Gasteiger partial charge in [0.2, 0.25) is 0 Å². The molecule has 1 aliphatic carbocycles. The summed E-state index contributed by atoms with van der Waals surface area (Å²) >= 11 is 0. The van der Waals surface area contributed by atoms with Crippen molar-refractivity contribution in [2.75, 3.05) is 26.3 Å². The number of alkyl carbamates (subject to hydrolysis) is 1. The van der Waals surface area contributed by atoms with E-state index in [-0.39, 0.29) is 36.8 Å². The average molecular weight is 479 g/mol. The fourth-order valence-corrected chi connectivity index (χ4v) is 5.71. The van der Waals surface area contributed by atoms with E-state index < -0.39 is 24.2 Å². The van der Waals surface area contributed by atoms with Crippen LogP contribution in [0.3, 0.4) is 0 Å². The Labute approximate surface area is 204 Å². The van der Waals surface area contributed by atoms with Crippen LogP contribution in [0, 0.1) is 11.8 Å². The van der Waals surface area contributed by atoms with Crippen molar-refractivity contribution < 1.29 is 29.0 Å². The van der Waals surface area contributed by atoms with Crippen molar-refractivity contribution in [3.63, 3.8) is 0 Å². The van der Waals surface area contributed by atoms with Gasteiger partial charge in [0.15, 0.2) is 0 Å². The lowest BCUT2D eigenvalue weighted by molar-refractivity contribution is -0.154. The Morgan fingerprint density at radius 2 is 1.71 bits per heavy atom. The van der Waals surface area contributed by atoms with E-state index in [1.807, 2.05) is 31.2 Å². The van der Waals surface area contributed by atoms with E-state index in [0.717, 1.165) is 22.3 Å². The first-order chi connectivity index (χ1) is 17.0. The summed E-state index contributed by atoms with van der Waals surface area (Å²) in [5.74, 6) is -1.65. The minimum Gasteiger partial charge on any atom is -0.480 e. The van der Waals surface area contributed by atoms with Gasteiger partial charge in [0.05, 0.1) is 0 Å². The van der Waals surface area contributed by atoms with Crippen LogP contribution < -0.4 is 5.32 Å². The van der Waals surface area contributed by atoms with Crippen molar-refractivity contribution in [1.29, 1.82) is 0 Å². The van der Waals surface area contributed by atoms with E-state index in [1.165, 1.54) is 4.90 Å². The number of amides is 2. The third-order valence-electron chi connectivity index (χ3n) is 7.55. The highest BCUT2D eigenvalue weighted by molar-refractivity contribution is 5.87. The maximum Gasteiger partial charge on any atom is 0.407 e. The number of benzene rings is 2. The van der Waals surface area contributed by atoms with Gasteiger partial charge in [-0.3, -0.25) is 4.79 Å². The van der Waals surface area contributed by atoms with Crippen LogP contribution in [-0.2, 0) is 19.1 Å². The zero-order chi connectivity index (χ0) is 24.5. The van der Waals surface area contributed by atoms with Gasteiger partial charge >= 0.3 is 12.1 Å². The lowest BCUT2D eigenvalue weighted by atomic mass is 9.98. The molecule has 2 aliphatic heterocycles. The maximum absolute atomic E-state index is 13.1. The number of carbonyl (C=O) groups is 3. The molecule has 8 nitrogen and oxygen atoms in total. The van der Waals surface area contributed by atoms with E-state index in [4.69, 9.17) is 9.47 Å². The predicted molar refractivity (Wildman–Crippen MR) is 128 cm³/mol. The van der Waals surface area contributed by atoms with Crippen molar-refractivity contribution in [3.8, 4) is 11.1 Å². The SMILES string of the molecule is CC1CCN(C(=O)C2OCCC2CNC(=O)OCC2c3ccccc3-c3ccccc32)C1C(=O)O. The molecule has 4 atom stereocenters. The van der Waals surface area contributed by atoms with Crippen LogP contribution in [0.2, 0.25) is 0 Å². The number of carbonyl (C=O) groups excluding carboxylic acids is 2. The fourth-order valence-electron chi connectivity index (χ4n) is 5.71. The van der Waals surface area contributed by atoms with Gasteiger partial charge in [-0.2, -0.15) is 0 Å². The zero-order valence-corrected chi connectivity index (χ0v) is 19.7. The van der Waals surface area contributed by atoms with E-state index in [1.54, 1.807) is 0 Å². The molecule has 0 radical (unpaired) electrons. The normalized spacial score (nSPS) is 25.2. The van der Waals surface area contributed by atoms with Gasteiger partial charge in [-0.1, -0.05) is 55.5 Å². The van der Waals surface area contributed by atoms with Crippen LogP contribution in [0.5, 0.6) is 0 Å². The number of nitrogens with zero attached hydrogens (tertiary/aromatic N) is 1. The first-order valence-electron chi connectivity index (χ1n) is 12.2. The van der Waals surface area contributed by atoms with Gasteiger partial charge in [-0.05, 0) is 41.0 Å². The maximum atomic E-state index is 13.1. The molecule has 4 unspecified atom stereocenters. The molecule has 2 saturated heterocycles. The van der Waals surface area contributed by atoms with Crippen LogP contribution in [0.15, 0.2) is 48.5 Å². The highest BCUT2D eigenvalue weighted by Crippen LogP contribution is 2.44. The summed E-state index contributed by atoms with van der Waals surface area (Å²) in [6, 6.07) is 15.5.